The number of hydrogen-bond acceptors (Lipinski definition) is 8. The number of alkyl carbamates (subject to hydrolysis) is 1. The number of benzene rings is 1. The summed E-state index contributed by atoms with van der Waals surface area (Å²) < 4.78 is 21.6. The topological polar surface area (TPSA) is 112 Å². The van der Waals surface area contributed by atoms with Crippen LogP contribution < -0.4 is 10.6 Å². The van der Waals surface area contributed by atoms with Gasteiger partial charge in [0.15, 0.2) is 6.10 Å². The third kappa shape index (κ3) is 8.18. The van der Waals surface area contributed by atoms with Crippen molar-refractivity contribution in [2.24, 2.45) is 11.8 Å². The third-order valence-corrected chi connectivity index (χ3v) is 5.22. The molecule has 9 nitrogen and oxygen atoms in total. The SMILES string of the molecule is CC(=O)OC1OC(CNCCNC(=O)OCc2ccccc2)[C@H](C)[C@H](C)C1OC(C)=O. The molecule has 1 aromatic rings. The first-order chi connectivity index (χ1) is 14.8. The van der Waals surface area contributed by atoms with Crippen molar-refractivity contribution in [3.05, 3.63) is 35.9 Å². The van der Waals surface area contributed by atoms with Crippen LogP contribution in [0.4, 0.5) is 4.79 Å². The van der Waals surface area contributed by atoms with E-state index in [4.69, 9.17) is 18.9 Å². The third-order valence-electron chi connectivity index (χ3n) is 5.22. The van der Waals surface area contributed by atoms with Crippen molar-refractivity contribution in [2.45, 2.75) is 52.8 Å². The molecule has 1 aromatic carbocycles. The molecule has 1 heterocycles. The van der Waals surface area contributed by atoms with Crippen molar-refractivity contribution < 1.29 is 33.3 Å². The molecular weight excluding hydrogens is 404 g/mol. The van der Waals surface area contributed by atoms with Crippen LogP contribution in [0.15, 0.2) is 30.3 Å². The lowest BCUT2D eigenvalue weighted by atomic mass is 9.83. The first-order valence-electron chi connectivity index (χ1n) is 10.4. The molecule has 0 bridgehead atoms. The van der Waals surface area contributed by atoms with E-state index in [1.807, 2.05) is 44.2 Å². The standard InChI is InChI=1S/C22H32N2O7/c1-14-15(2)20(29-16(3)25)21(30-17(4)26)31-19(14)12-23-10-11-24-22(27)28-13-18-8-6-5-7-9-18/h5-9,14-15,19-21,23H,10-13H2,1-4H3,(H,24,27)/t14-,15+,19?,20?,21?/m1/s1. The Kier molecular flexibility index (Phi) is 9.74. The first-order valence-corrected chi connectivity index (χ1v) is 10.4. The average molecular weight is 437 g/mol. The lowest BCUT2D eigenvalue weighted by Gasteiger charge is -2.43. The van der Waals surface area contributed by atoms with E-state index in [9.17, 15) is 14.4 Å². The van der Waals surface area contributed by atoms with Gasteiger partial charge in [0.2, 0.25) is 6.29 Å². The number of carbonyl (C=O) groups excluding carboxylic acids is 3. The number of amides is 1. The fraction of sp³-hybridized carbons (Fsp3) is 0.591. The molecule has 1 aliphatic heterocycles. The van der Waals surface area contributed by atoms with Crippen LogP contribution in [-0.2, 0) is 35.1 Å². The van der Waals surface area contributed by atoms with Gasteiger partial charge in [0.05, 0.1) is 6.10 Å². The second-order valence-electron chi connectivity index (χ2n) is 7.64. The second kappa shape index (κ2) is 12.3. The highest BCUT2D eigenvalue weighted by molar-refractivity contribution is 5.67. The highest BCUT2D eigenvalue weighted by Crippen LogP contribution is 2.33. The maximum absolute atomic E-state index is 11.8. The molecule has 0 aliphatic carbocycles. The Bertz CT molecular complexity index is 728. The highest BCUT2D eigenvalue weighted by atomic mass is 16.7. The fourth-order valence-electron chi connectivity index (χ4n) is 3.38. The molecule has 172 valence electrons. The molecule has 0 spiro atoms. The Morgan fingerprint density at radius 1 is 0.968 bits per heavy atom. The molecular formula is C22H32N2O7. The molecule has 1 aliphatic rings. The predicted octanol–water partition coefficient (Wildman–Crippen LogP) is 1.99. The molecule has 31 heavy (non-hydrogen) atoms. The zero-order valence-corrected chi connectivity index (χ0v) is 18.5. The molecule has 3 unspecified atom stereocenters. The van der Waals surface area contributed by atoms with Crippen molar-refractivity contribution in [2.75, 3.05) is 19.6 Å². The summed E-state index contributed by atoms with van der Waals surface area (Å²) in [6.45, 7) is 8.12. The van der Waals surface area contributed by atoms with Gasteiger partial charge in [0.25, 0.3) is 0 Å². The van der Waals surface area contributed by atoms with E-state index in [-0.39, 0.29) is 24.5 Å². The summed E-state index contributed by atoms with van der Waals surface area (Å²) in [5, 5.41) is 5.90. The van der Waals surface area contributed by atoms with Crippen LogP contribution in [0.3, 0.4) is 0 Å². The van der Waals surface area contributed by atoms with Crippen molar-refractivity contribution in [3.8, 4) is 0 Å². The molecule has 1 fully saturated rings. The van der Waals surface area contributed by atoms with E-state index in [0.29, 0.717) is 19.6 Å². The zero-order valence-electron chi connectivity index (χ0n) is 18.5. The Hall–Kier alpha value is -2.65. The molecule has 2 rings (SSSR count). The molecule has 0 radical (unpaired) electrons. The van der Waals surface area contributed by atoms with E-state index in [1.54, 1.807) is 0 Å². The molecule has 5 atom stereocenters. The Labute approximate surface area is 182 Å². The Balaban J connectivity index is 1.73. The van der Waals surface area contributed by atoms with Gasteiger partial charge < -0.3 is 29.6 Å². The molecule has 1 amide bonds. The van der Waals surface area contributed by atoms with Crippen molar-refractivity contribution in [1.82, 2.24) is 10.6 Å². The van der Waals surface area contributed by atoms with Gasteiger partial charge in [0.1, 0.15) is 6.61 Å². The van der Waals surface area contributed by atoms with Crippen molar-refractivity contribution in [1.29, 1.82) is 0 Å². The van der Waals surface area contributed by atoms with Crippen LogP contribution in [0.5, 0.6) is 0 Å². The van der Waals surface area contributed by atoms with Crippen LogP contribution in [0.1, 0.15) is 33.3 Å². The summed E-state index contributed by atoms with van der Waals surface area (Å²) in [5.74, 6) is -0.979. The maximum atomic E-state index is 11.8. The normalized spacial score (nSPS) is 25.4. The number of nitrogens with one attached hydrogen (secondary N) is 2. The van der Waals surface area contributed by atoms with Gasteiger partial charge in [-0.05, 0) is 11.5 Å². The molecule has 0 aromatic heterocycles. The number of hydrogen-bond donors (Lipinski definition) is 2. The van der Waals surface area contributed by atoms with Gasteiger partial charge in [-0.25, -0.2) is 4.79 Å². The monoisotopic (exact) mass is 436 g/mol. The van der Waals surface area contributed by atoms with Gasteiger partial charge in [-0.2, -0.15) is 0 Å². The second-order valence-corrected chi connectivity index (χ2v) is 7.64. The molecule has 9 heteroatoms. The van der Waals surface area contributed by atoms with Crippen LogP contribution >= 0.6 is 0 Å². The van der Waals surface area contributed by atoms with Crippen molar-refractivity contribution in [3.63, 3.8) is 0 Å². The lowest BCUT2D eigenvalue weighted by molar-refractivity contribution is -0.265. The minimum atomic E-state index is -0.953. The van der Waals surface area contributed by atoms with Crippen LogP contribution in [0.2, 0.25) is 0 Å². The summed E-state index contributed by atoms with van der Waals surface area (Å²) in [6.07, 6.45) is -2.35. The minimum Gasteiger partial charge on any atom is -0.456 e. The Morgan fingerprint density at radius 3 is 2.29 bits per heavy atom. The van der Waals surface area contributed by atoms with Gasteiger partial charge in [-0.15, -0.1) is 0 Å². The van der Waals surface area contributed by atoms with Crippen LogP contribution in [-0.4, -0.2) is 56.2 Å². The van der Waals surface area contributed by atoms with Crippen LogP contribution in [0.25, 0.3) is 0 Å². The van der Waals surface area contributed by atoms with E-state index in [0.717, 1.165) is 5.56 Å². The van der Waals surface area contributed by atoms with Gasteiger partial charge >= 0.3 is 18.0 Å². The summed E-state index contributed by atoms with van der Waals surface area (Å²) in [6, 6.07) is 9.44. The molecule has 1 saturated heterocycles. The van der Waals surface area contributed by atoms with E-state index in [1.165, 1.54) is 13.8 Å². The van der Waals surface area contributed by atoms with E-state index >= 15 is 0 Å². The lowest BCUT2D eigenvalue weighted by Crippen LogP contribution is -2.55. The number of rotatable bonds is 9. The molecule has 2 N–H and O–H groups in total. The summed E-state index contributed by atoms with van der Waals surface area (Å²) in [7, 11) is 0. The largest absolute Gasteiger partial charge is 0.456 e. The predicted molar refractivity (Wildman–Crippen MR) is 112 cm³/mol. The van der Waals surface area contributed by atoms with Gasteiger partial charge in [-0.3, -0.25) is 9.59 Å². The minimum absolute atomic E-state index is 0.0486. The zero-order chi connectivity index (χ0) is 22.8. The summed E-state index contributed by atoms with van der Waals surface area (Å²) in [4.78, 5) is 34.6. The highest BCUT2D eigenvalue weighted by Gasteiger charge is 2.44. The smallest absolute Gasteiger partial charge is 0.407 e. The number of carbonyl (C=O) groups is 3. The number of esters is 2. The summed E-state index contributed by atoms with van der Waals surface area (Å²) in [5.41, 5.74) is 0.919. The number of ether oxygens (including phenoxy) is 4. The van der Waals surface area contributed by atoms with E-state index in [2.05, 4.69) is 10.6 Å². The molecule has 0 saturated carbocycles. The fourth-order valence-corrected chi connectivity index (χ4v) is 3.38. The Morgan fingerprint density at radius 2 is 1.65 bits per heavy atom. The van der Waals surface area contributed by atoms with Gasteiger partial charge in [0, 0.05) is 39.4 Å². The van der Waals surface area contributed by atoms with E-state index < -0.39 is 30.4 Å². The first kappa shape index (κ1) is 24.6. The van der Waals surface area contributed by atoms with Crippen molar-refractivity contribution >= 4 is 18.0 Å². The summed E-state index contributed by atoms with van der Waals surface area (Å²) >= 11 is 0. The van der Waals surface area contributed by atoms with Crippen LogP contribution in [0, 0.1) is 11.8 Å². The average Bonchev–Trinajstić information content (AvgIpc) is 2.72. The quantitative estimate of drug-likeness (QED) is 0.343. The maximum Gasteiger partial charge on any atom is 0.407 e. The van der Waals surface area contributed by atoms with Gasteiger partial charge in [-0.1, -0.05) is 44.2 Å².